The summed E-state index contributed by atoms with van der Waals surface area (Å²) in [6, 6.07) is 11.0. The molecule has 1 atom stereocenters. The fourth-order valence-corrected chi connectivity index (χ4v) is 3.38. The molecular formula is C18H24N2O. The molecule has 0 spiro atoms. The molecule has 3 nitrogen and oxygen atoms in total. The van der Waals surface area contributed by atoms with E-state index in [-0.39, 0.29) is 0 Å². The van der Waals surface area contributed by atoms with Gasteiger partial charge >= 0.3 is 0 Å². The maximum absolute atomic E-state index is 5.67. The maximum Gasteiger partial charge on any atom is 0.0749 e. The van der Waals surface area contributed by atoms with Crippen LogP contribution in [0.4, 0.5) is 0 Å². The van der Waals surface area contributed by atoms with Crippen LogP contribution in [0.5, 0.6) is 0 Å². The molecule has 1 saturated carbocycles. The third-order valence-corrected chi connectivity index (χ3v) is 4.55. The lowest BCUT2D eigenvalue weighted by molar-refractivity contribution is -0.0289. The summed E-state index contributed by atoms with van der Waals surface area (Å²) in [5.41, 5.74) is 2.44. The normalized spacial score (nSPS) is 23.0. The van der Waals surface area contributed by atoms with E-state index in [2.05, 4.69) is 41.5 Å². The smallest absolute Gasteiger partial charge is 0.0749 e. The number of nitrogens with one attached hydrogen (secondary N) is 1. The fraction of sp³-hybridized carbons (Fsp3) is 0.500. The quantitative estimate of drug-likeness (QED) is 0.878. The molecule has 112 valence electrons. The predicted molar refractivity (Wildman–Crippen MR) is 86.3 cm³/mol. The molecule has 0 bridgehead atoms. The Balaban J connectivity index is 1.74. The van der Waals surface area contributed by atoms with Gasteiger partial charge < -0.3 is 10.1 Å². The van der Waals surface area contributed by atoms with Gasteiger partial charge in [-0.25, -0.2) is 0 Å². The van der Waals surface area contributed by atoms with Gasteiger partial charge in [0.05, 0.1) is 11.6 Å². The van der Waals surface area contributed by atoms with Crippen molar-refractivity contribution in [2.45, 2.75) is 38.3 Å². The fourth-order valence-electron chi connectivity index (χ4n) is 3.38. The number of pyridine rings is 1. The number of hydrogen-bond donors (Lipinski definition) is 1. The van der Waals surface area contributed by atoms with E-state index in [9.17, 15) is 0 Å². The number of rotatable bonds is 6. The third kappa shape index (κ3) is 3.09. The first-order valence-corrected chi connectivity index (χ1v) is 7.94. The van der Waals surface area contributed by atoms with E-state index in [0.717, 1.165) is 24.5 Å². The van der Waals surface area contributed by atoms with Crippen LogP contribution < -0.4 is 5.32 Å². The van der Waals surface area contributed by atoms with Crippen molar-refractivity contribution < 1.29 is 4.74 Å². The van der Waals surface area contributed by atoms with E-state index < -0.39 is 0 Å². The number of hydrogen-bond acceptors (Lipinski definition) is 3. The Bertz CT molecular complexity index is 587. The summed E-state index contributed by atoms with van der Waals surface area (Å²) in [7, 11) is 2.05. The van der Waals surface area contributed by atoms with Crippen molar-refractivity contribution in [1.29, 1.82) is 0 Å². The molecule has 21 heavy (non-hydrogen) atoms. The highest BCUT2D eigenvalue weighted by Crippen LogP contribution is 2.37. The van der Waals surface area contributed by atoms with Crippen LogP contribution in [0.15, 0.2) is 36.5 Å². The number of benzene rings is 1. The van der Waals surface area contributed by atoms with Crippen molar-refractivity contribution in [3.8, 4) is 0 Å². The predicted octanol–water partition coefficient (Wildman–Crippen LogP) is 3.70. The molecule has 1 aromatic carbocycles. The molecule has 2 aromatic rings. The molecule has 3 heteroatoms. The second-order valence-corrected chi connectivity index (χ2v) is 5.91. The van der Waals surface area contributed by atoms with Gasteiger partial charge in [-0.3, -0.25) is 4.98 Å². The molecular weight excluding hydrogens is 260 g/mol. The second-order valence-electron chi connectivity index (χ2n) is 5.91. The molecule has 1 fully saturated rings. The molecule has 0 amide bonds. The highest BCUT2D eigenvalue weighted by molar-refractivity contribution is 5.82. The molecule has 0 saturated heterocycles. The van der Waals surface area contributed by atoms with Crippen molar-refractivity contribution in [2.24, 2.45) is 5.92 Å². The minimum absolute atomic E-state index is 0.371. The summed E-state index contributed by atoms with van der Waals surface area (Å²) < 4.78 is 5.67. The van der Waals surface area contributed by atoms with Gasteiger partial charge in [0.1, 0.15) is 0 Å². The Hall–Kier alpha value is -1.45. The Morgan fingerprint density at radius 1 is 1.29 bits per heavy atom. The Labute approximate surface area is 126 Å². The van der Waals surface area contributed by atoms with Crippen LogP contribution in [0.25, 0.3) is 10.9 Å². The van der Waals surface area contributed by atoms with Gasteiger partial charge in [-0.2, -0.15) is 0 Å². The number of para-hydroxylation sites is 1. The van der Waals surface area contributed by atoms with Gasteiger partial charge in [0.15, 0.2) is 0 Å². The zero-order chi connectivity index (χ0) is 14.7. The lowest BCUT2D eigenvalue weighted by Gasteiger charge is -2.37. The average Bonchev–Trinajstić information content (AvgIpc) is 2.49. The Morgan fingerprint density at radius 2 is 2.10 bits per heavy atom. The van der Waals surface area contributed by atoms with Crippen LogP contribution in [0.2, 0.25) is 0 Å². The second kappa shape index (κ2) is 6.54. The van der Waals surface area contributed by atoms with Crippen molar-refractivity contribution in [1.82, 2.24) is 10.3 Å². The van der Waals surface area contributed by atoms with E-state index in [1.807, 2.05) is 19.3 Å². The van der Waals surface area contributed by atoms with Crippen LogP contribution in [-0.4, -0.2) is 24.7 Å². The standard InChI is InChI=1S/C18H24N2O/c1-3-21-15-10-13(11-15)12-17(19-2)16-8-4-6-14-7-5-9-20-18(14)16/h4-9,13,15,17,19H,3,10-12H2,1-2H3. The molecule has 3 rings (SSSR count). The molecule has 0 aliphatic heterocycles. The zero-order valence-electron chi connectivity index (χ0n) is 12.9. The summed E-state index contributed by atoms with van der Waals surface area (Å²) in [5, 5.41) is 4.69. The summed E-state index contributed by atoms with van der Waals surface area (Å²) in [5.74, 6) is 0.762. The molecule has 1 aliphatic carbocycles. The number of ether oxygens (including phenoxy) is 1. The van der Waals surface area contributed by atoms with Crippen LogP contribution in [0.1, 0.15) is 37.8 Å². The minimum Gasteiger partial charge on any atom is -0.378 e. The van der Waals surface area contributed by atoms with Crippen LogP contribution in [0.3, 0.4) is 0 Å². The molecule has 0 radical (unpaired) electrons. The molecule has 1 N–H and O–H groups in total. The summed E-state index contributed by atoms with van der Waals surface area (Å²) >= 11 is 0. The van der Waals surface area contributed by atoms with Crippen LogP contribution in [-0.2, 0) is 4.74 Å². The van der Waals surface area contributed by atoms with Crippen molar-refractivity contribution in [2.75, 3.05) is 13.7 Å². The van der Waals surface area contributed by atoms with Gasteiger partial charge in [-0.05, 0) is 50.8 Å². The minimum atomic E-state index is 0.371. The topological polar surface area (TPSA) is 34.1 Å². The largest absolute Gasteiger partial charge is 0.378 e. The lowest BCUT2D eigenvalue weighted by Crippen LogP contribution is -2.34. The zero-order valence-corrected chi connectivity index (χ0v) is 12.9. The number of nitrogens with zero attached hydrogens (tertiary/aromatic N) is 1. The van der Waals surface area contributed by atoms with Crippen molar-refractivity contribution in [3.63, 3.8) is 0 Å². The molecule has 1 aromatic heterocycles. The Kier molecular flexibility index (Phi) is 4.51. The first kappa shape index (κ1) is 14.5. The van der Waals surface area contributed by atoms with E-state index in [4.69, 9.17) is 4.74 Å². The number of aromatic nitrogens is 1. The lowest BCUT2D eigenvalue weighted by atomic mass is 9.77. The van der Waals surface area contributed by atoms with Crippen LogP contribution >= 0.6 is 0 Å². The van der Waals surface area contributed by atoms with Gasteiger partial charge in [0.2, 0.25) is 0 Å². The monoisotopic (exact) mass is 284 g/mol. The number of fused-ring (bicyclic) bond motifs is 1. The van der Waals surface area contributed by atoms with Crippen molar-refractivity contribution in [3.05, 3.63) is 42.1 Å². The van der Waals surface area contributed by atoms with E-state index >= 15 is 0 Å². The van der Waals surface area contributed by atoms with Gasteiger partial charge in [-0.1, -0.05) is 24.3 Å². The van der Waals surface area contributed by atoms with E-state index in [0.29, 0.717) is 12.1 Å². The highest BCUT2D eigenvalue weighted by Gasteiger charge is 2.31. The van der Waals surface area contributed by atoms with E-state index in [1.54, 1.807) is 0 Å². The molecule has 1 unspecified atom stereocenters. The maximum atomic E-state index is 5.67. The Morgan fingerprint density at radius 3 is 2.86 bits per heavy atom. The van der Waals surface area contributed by atoms with Gasteiger partial charge in [0.25, 0.3) is 0 Å². The molecule has 1 heterocycles. The van der Waals surface area contributed by atoms with Crippen LogP contribution in [0, 0.1) is 5.92 Å². The van der Waals surface area contributed by atoms with Gasteiger partial charge in [-0.15, -0.1) is 0 Å². The average molecular weight is 284 g/mol. The van der Waals surface area contributed by atoms with Gasteiger partial charge in [0, 0.05) is 24.2 Å². The first-order valence-electron chi connectivity index (χ1n) is 7.94. The van der Waals surface area contributed by atoms with E-state index in [1.165, 1.54) is 23.8 Å². The SMILES string of the molecule is CCOC1CC(CC(NC)c2cccc3cccnc23)C1. The summed E-state index contributed by atoms with van der Waals surface area (Å²) in [6.45, 7) is 2.91. The third-order valence-electron chi connectivity index (χ3n) is 4.55. The first-order chi connectivity index (χ1) is 10.3. The molecule has 1 aliphatic rings. The highest BCUT2D eigenvalue weighted by atomic mass is 16.5. The summed E-state index contributed by atoms with van der Waals surface area (Å²) in [6.07, 6.45) is 5.93. The summed E-state index contributed by atoms with van der Waals surface area (Å²) in [4.78, 5) is 4.58. The van der Waals surface area contributed by atoms with Crippen molar-refractivity contribution >= 4 is 10.9 Å².